The van der Waals surface area contributed by atoms with Crippen LogP contribution in [0.1, 0.15) is 23.2 Å². The van der Waals surface area contributed by atoms with Gasteiger partial charge in [0.15, 0.2) is 0 Å². The summed E-state index contributed by atoms with van der Waals surface area (Å²) in [6.07, 6.45) is 2.06. The average molecular weight is 290 g/mol. The minimum absolute atomic E-state index is 0.187. The molecule has 112 valence electrons. The number of rotatable bonds is 7. The molecule has 0 unspecified atom stereocenters. The van der Waals surface area contributed by atoms with Crippen molar-refractivity contribution in [2.45, 2.75) is 12.8 Å². The summed E-state index contributed by atoms with van der Waals surface area (Å²) in [6, 6.07) is 8.57. The minimum atomic E-state index is -1.04. The molecular formula is C15H18N2O4. The molecule has 1 saturated carbocycles. The predicted octanol–water partition coefficient (Wildman–Crippen LogP) is 0.740. The number of hydrogen-bond acceptors (Lipinski definition) is 3. The molecule has 1 aromatic carbocycles. The lowest BCUT2D eigenvalue weighted by Gasteiger charge is -2.20. The fraction of sp³-hybridized carbons (Fsp3) is 0.400. The predicted molar refractivity (Wildman–Crippen MR) is 75.7 cm³/mol. The molecular weight excluding hydrogens is 272 g/mol. The van der Waals surface area contributed by atoms with Crippen molar-refractivity contribution in [3.8, 4) is 0 Å². The normalized spacial score (nSPS) is 13.5. The molecule has 6 heteroatoms. The summed E-state index contributed by atoms with van der Waals surface area (Å²) in [6.45, 7) is -0.0589. The number of benzene rings is 1. The van der Waals surface area contributed by atoms with Crippen LogP contribution >= 0.6 is 0 Å². The van der Waals surface area contributed by atoms with Gasteiger partial charge in [-0.1, -0.05) is 18.2 Å². The number of carboxylic acids is 1. The Morgan fingerprint density at radius 3 is 2.43 bits per heavy atom. The van der Waals surface area contributed by atoms with Gasteiger partial charge in [-0.2, -0.15) is 0 Å². The van der Waals surface area contributed by atoms with Crippen LogP contribution in [0.3, 0.4) is 0 Å². The summed E-state index contributed by atoms with van der Waals surface area (Å²) in [5.41, 5.74) is 0.470. The van der Waals surface area contributed by atoms with E-state index in [1.807, 2.05) is 0 Å². The number of carbonyl (C=O) groups excluding carboxylic acids is 2. The molecule has 0 spiro atoms. The summed E-state index contributed by atoms with van der Waals surface area (Å²) in [5.74, 6) is -1.35. The molecule has 1 aromatic rings. The van der Waals surface area contributed by atoms with Crippen molar-refractivity contribution < 1.29 is 19.5 Å². The fourth-order valence-electron chi connectivity index (χ4n) is 1.99. The molecule has 21 heavy (non-hydrogen) atoms. The zero-order valence-corrected chi connectivity index (χ0v) is 11.6. The quantitative estimate of drug-likeness (QED) is 0.775. The average Bonchev–Trinajstić information content (AvgIpc) is 3.28. The topological polar surface area (TPSA) is 86.7 Å². The number of nitrogens with one attached hydrogen (secondary N) is 1. The number of aliphatic carboxylic acids is 1. The molecule has 0 saturated heterocycles. The van der Waals surface area contributed by atoms with Crippen LogP contribution < -0.4 is 5.32 Å². The molecule has 0 radical (unpaired) electrons. The van der Waals surface area contributed by atoms with E-state index >= 15 is 0 Å². The van der Waals surface area contributed by atoms with Gasteiger partial charge in [0.1, 0.15) is 6.54 Å². The molecule has 2 amide bonds. The van der Waals surface area contributed by atoms with Crippen LogP contribution in [-0.2, 0) is 9.59 Å². The maximum atomic E-state index is 12.0. The lowest BCUT2D eigenvalue weighted by atomic mass is 10.2. The molecule has 0 heterocycles. The number of hydrogen-bond donors (Lipinski definition) is 2. The van der Waals surface area contributed by atoms with E-state index < -0.39 is 5.97 Å². The molecule has 2 N–H and O–H groups in total. The van der Waals surface area contributed by atoms with Crippen LogP contribution in [0, 0.1) is 5.92 Å². The second-order valence-corrected chi connectivity index (χ2v) is 5.16. The van der Waals surface area contributed by atoms with Gasteiger partial charge in [0, 0.05) is 12.1 Å². The highest BCUT2D eigenvalue weighted by Gasteiger charge is 2.27. The van der Waals surface area contributed by atoms with Gasteiger partial charge >= 0.3 is 5.97 Å². The minimum Gasteiger partial charge on any atom is -0.480 e. The largest absolute Gasteiger partial charge is 0.480 e. The van der Waals surface area contributed by atoms with Crippen molar-refractivity contribution in [2.24, 2.45) is 5.92 Å². The highest BCUT2D eigenvalue weighted by Crippen LogP contribution is 2.29. The maximum Gasteiger partial charge on any atom is 0.323 e. The summed E-state index contributed by atoms with van der Waals surface area (Å²) in [5, 5.41) is 11.4. The molecule has 0 bridgehead atoms. The van der Waals surface area contributed by atoms with E-state index in [2.05, 4.69) is 5.32 Å². The zero-order valence-electron chi connectivity index (χ0n) is 11.6. The van der Waals surface area contributed by atoms with Crippen LogP contribution in [0.25, 0.3) is 0 Å². The molecule has 0 aromatic heterocycles. The van der Waals surface area contributed by atoms with Crippen molar-refractivity contribution >= 4 is 17.8 Å². The second kappa shape index (κ2) is 6.88. The molecule has 1 fully saturated rings. The van der Waals surface area contributed by atoms with E-state index in [1.165, 1.54) is 4.90 Å². The third kappa shape index (κ3) is 4.91. The van der Waals surface area contributed by atoms with Gasteiger partial charge in [-0.25, -0.2) is 0 Å². The molecule has 0 aliphatic heterocycles. The van der Waals surface area contributed by atoms with Gasteiger partial charge in [-0.05, 0) is 30.9 Å². The number of carboxylic acid groups (broad SMARTS) is 1. The van der Waals surface area contributed by atoms with Crippen molar-refractivity contribution in [1.29, 1.82) is 0 Å². The van der Waals surface area contributed by atoms with Crippen molar-refractivity contribution in [3.05, 3.63) is 35.9 Å². The molecule has 6 nitrogen and oxygen atoms in total. The third-order valence-electron chi connectivity index (χ3n) is 3.29. The summed E-state index contributed by atoms with van der Waals surface area (Å²) in [4.78, 5) is 35.9. The van der Waals surface area contributed by atoms with Crippen molar-refractivity contribution in [1.82, 2.24) is 10.2 Å². The summed E-state index contributed by atoms with van der Waals surface area (Å²) in [7, 11) is 0. The summed E-state index contributed by atoms with van der Waals surface area (Å²) < 4.78 is 0. The van der Waals surface area contributed by atoms with Crippen LogP contribution in [0.4, 0.5) is 0 Å². The Labute approximate surface area is 122 Å². The van der Waals surface area contributed by atoms with Crippen molar-refractivity contribution in [3.63, 3.8) is 0 Å². The monoisotopic (exact) mass is 290 g/mol. The Kier molecular flexibility index (Phi) is 4.92. The van der Waals surface area contributed by atoms with Crippen LogP contribution in [-0.4, -0.2) is 47.4 Å². The highest BCUT2D eigenvalue weighted by atomic mass is 16.4. The number of carbonyl (C=O) groups is 3. The smallest absolute Gasteiger partial charge is 0.323 e. The van der Waals surface area contributed by atoms with Gasteiger partial charge < -0.3 is 15.3 Å². The van der Waals surface area contributed by atoms with E-state index in [1.54, 1.807) is 30.3 Å². The third-order valence-corrected chi connectivity index (χ3v) is 3.29. The Hall–Kier alpha value is -2.37. The van der Waals surface area contributed by atoms with Crippen LogP contribution in [0.15, 0.2) is 30.3 Å². The van der Waals surface area contributed by atoms with Gasteiger partial charge in [0.2, 0.25) is 5.91 Å². The first kappa shape index (κ1) is 15.0. The first-order valence-corrected chi connectivity index (χ1v) is 6.89. The second-order valence-electron chi connectivity index (χ2n) is 5.16. The molecule has 1 aliphatic carbocycles. The number of amides is 2. The van der Waals surface area contributed by atoms with E-state index in [-0.39, 0.29) is 24.9 Å². The van der Waals surface area contributed by atoms with E-state index in [0.717, 1.165) is 12.8 Å². The van der Waals surface area contributed by atoms with E-state index in [0.29, 0.717) is 18.0 Å². The zero-order chi connectivity index (χ0) is 15.2. The highest BCUT2D eigenvalue weighted by molar-refractivity contribution is 5.96. The van der Waals surface area contributed by atoms with Crippen LogP contribution in [0.5, 0.6) is 0 Å². The van der Waals surface area contributed by atoms with Gasteiger partial charge in [-0.3, -0.25) is 14.4 Å². The lowest BCUT2D eigenvalue weighted by Crippen LogP contribution is -2.43. The number of nitrogens with zero attached hydrogens (tertiary/aromatic N) is 1. The lowest BCUT2D eigenvalue weighted by molar-refractivity contribution is -0.144. The van der Waals surface area contributed by atoms with Gasteiger partial charge in [-0.15, -0.1) is 0 Å². The first-order chi connectivity index (χ1) is 10.1. The first-order valence-electron chi connectivity index (χ1n) is 6.89. The standard InChI is InChI=1S/C15H18N2O4/c18-13(17(10-14(19)20)9-11-6-7-11)8-16-15(21)12-4-2-1-3-5-12/h1-5,11H,6-10H2,(H,16,21)(H,19,20). The Morgan fingerprint density at radius 1 is 1.19 bits per heavy atom. The maximum absolute atomic E-state index is 12.0. The SMILES string of the molecule is O=C(O)CN(CC1CC1)C(=O)CNC(=O)c1ccccc1. The Balaban J connectivity index is 1.86. The molecule has 0 atom stereocenters. The Morgan fingerprint density at radius 2 is 1.86 bits per heavy atom. The Bertz CT molecular complexity index is 526. The summed E-state index contributed by atoms with van der Waals surface area (Å²) >= 11 is 0. The molecule has 1 aliphatic rings. The van der Waals surface area contributed by atoms with Crippen molar-refractivity contribution in [2.75, 3.05) is 19.6 Å². The van der Waals surface area contributed by atoms with Gasteiger partial charge in [0.05, 0.1) is 6.54 Å². The fourth-order valence-corrected chi connectivity index (χ4v) is 1.99. The van der Waals surface area contributed by atoms with E-state index in [9.17, 15) is 14.4 Å². The molecule has 2 rings (SSSR count). The van der Waals surface area contributed by atoms with E-state index in [4.69, 9.17) is 5.11 Å². The van der Waals surface area contributed by atoms with Gasteiger partial charge in [0.25, 0.3) is 5.91 Å². The van der Waals surface area contributed by atoms with Crippen LogP contribution in [0.2, 0.25) is 0 Å².